The highest BCUT2D eigenvalue weighted by atomic mass is 32.1. The van der Waals surface area contributed by atoms with Crippen LogP contribution in [0.1, 0.15) is 10.8 Å². The Morgan fingerprint density at radius 3 is 2.71 bits per heavy atom. The van der Waals surface area contributed by atoms with Crippen molar-refractivity contribution in [1.29, 1.82) is 0 Å². The SMILES string of the molecule is CN(Cc1ncn[nH]1)c1nnc(C(F)(F)F)s1. The summed E-state index contributed by atoms with van der Waals surface area (Å²) in [6.45, 7) is 0.284. The van der Waals surface area contributed by atoms with Crippen molar-refractivity contribution in [2.45, 2.75) is 12.7 Å². The van der Waals surface area contributed by atoms with E-state index in [1.165, 1.54) is 11.2 Å². The Bertz CT molecular complexity index is 478. The number of halogens is 3. The molecule has 0 saturated carbocycles. The molecule has 0 saturated heterocycles. The lowest BCUT2D eigenvalue weighted by Gasteiger charge is -2.12. The van der Waals surface area contributed by atoms with E-state index in [2.05, 4.69) is 25.4 Å². The smallest absolute Gasteiger partial charge is 0.342 e. The second-order valence-electron chi connectivity index (χ2n) is 3.18. The lowest BCUT2D eigenvalue weighted by Crippen LogP contribution is -2.17. The van der Waals surface area contributed by atoms with Crippen LogP contribution in [0.3, 0.4) is 0 Å². The molecule has 0 fully saturated rings. The second-order valence-corrected chi connectivity index (χ2v) is 4.13. The molecule has 92 valence electrons. The van der Waals surface area contributed by atoms with Gasteiger partial charge < -0.3 is 4.90 Å². The topological polar surface area (TPSA) is 70.6 Å². The van der Waals surface area contributed by atoms with Gasteiger partial charge in [0.2, 0.25) is 10.1 Å². The number of aromatic nitrogens is 5. The zero-order valence-electron chi connectivity index (χ0n) is 8.56. The van der Waals surface area contributed by atoms with Crippen LogP contribution in [-0.2, 0) is 12.7 Å². The third-order valence-electron chi connectivity index (χ3n) is 1.84. The van der Waals surface area contributed by atoms with Crippen LogP contribution in [0.5, 0.6) is 0 Å². The van der Waals surface area contributed by atoms with Gasteiger partial charge in [0.25, 0.3) is 0 Å². The van der Waals surface area contributed by atoms with Crippen LogP contribution in [0.15, 0.2) is 6.33 Å². The van der Waals surface area contributed by atoms with Gasteiger partial charge in [-0.2, -0.15) is 18.3 Å². The van der Waals surface area contributed by atoms with Gasteiger partial charge in [0.1, 0.15) is 12.2 Å². The maximum atomic E-state index is 12.3. The molecule has 2 heterocycles. The first-order valence-electron chi connectivity index (χ1n) is 4.43. The van der Waals surface area contributed by atoms with Crippen LogP contribution < -0.4 is 4.90 Å². The quantitative estimate of drug-likeness (QED) is 0.905. The molecule has 0 bridgehead atoms. The average molecular weight is 264 g/mol. The molecule has 6 nitrogen and oxygen atoms in total. The number of anilines is 1. The molecule has 0 unspecified atom stereocenters. The molecule has 17 heavy (non-hydrogen) atoms. The Hall–Kier alpha value is -1.71. The zero-order chi connectivity index (χ0) is 12.5. The Morgan fingerprint density at radius 2 is 2.18 bits per heavy atom. The maximum absolute atomic E-state index is 12.3. The first kappa shape index (κ1) is 11.8. The van der Waals surface area contributed by atoms with E-state index in [-0.39, 0.29) is 11.7 Å². The molecule has 0 aliphatic carbocycles. The summed E-state index contributed by atoms with van der Waals surface area (Å²) in [6, 6.07) is 0. The van der Waals surface area contributed by atoms with E-state index in [1.807, 2.05) is 0 Å². The number of alkyl halides is 3. The molecule has 0 aromatic carbocycles. The Kier molecular flexibility index (Phi) is 2.96. The first-order chi connectivity index (χ1) is 7.97. The average Bonchev–Trinajstić information content (AvgIpc) is 2.85. The molecular weight excluding hydrogens is 257 g/mol. The molecule has 0 radical (unpaired) electrons. The molecule has 0 aliphatic heterocycles. The molecule has 0 spiro atoms. The van der Waals surface area contributed by atoms with Crippen molar-refractivity contribution in [3.63, 3.8) is 0 Å². The normalized spacial score (nSPS) is 11.8. The lowest BCUT2D eigenvalue weighted by molar-refractivity contribution is -0.138. The highest BCUT2D eigenvalue weighted by Crippen LogP contribution is 2.34. The lowest BCUT2D eigenvalue weighted by atomic mass is 10.5. The predicted octanol–water partition coefficient (Wildman–Crippen LogP) is 1.31. The minimum Gasteiger partial charge on any atom is -0.342 e. The van der Waals surface area contributed by atoms with Crippen molar-refractivity contribution in [2.75, 3.05) is 11.9 Å². The fourth-order valence-corrected chi connectivity index (χ4v) is 1.76. The van der Waals surface area contributed by atoms with E-state index in [0.29, 0.717) is 17.2 Å². The summed E-state index contributed by atoms with van der Waals surface area (Å²) in [6.07, 6.45) is -3.13. The predicted molar refractivity (Wildman–Crippen MR) is 53.4 cm³/mol. The Labute approximate surface area is 97.5 Å². The van der Waals surface area contributed by atoms with Crippen LogP contribution in [0.25, 0.3) is 0 Å². The van der Waals surface area contributed by atoms with Gasteiger partial charge in [-0.05, 0) is 0 Å². The van der Waals surface area contributed by atoms with Crippen LogP contribution in [0, 0.1) is 0 Å². The van der Waals surface area contributed by atoms with Crippen molar-refractivity contribution in [3.8, 4) is 0 Å². The minimum atomic E-state index is -4.46. The molecule has 0 aliphatic rings. The second kappa shape index (κ2) is 4.28. The number of nitrogens with zero attached hydrogens (tertiary/aromatic N) is 5. The summed E-state index contributed by atoms with van der Waals surface area (Å²) >= 11 is 0.486. The molecule has 2 rings (SSSR count). The van der Waals surface area contributed by atoms with Crippen molar-refractivity contribution in [2.24, 2.45) is 0 Å². The molecule has 0 amide bonds. The number of aromatic amines is 1. The summed E-state index contributed by atoms with van der Waals surface area (Å²) in [7, 11) is 1.60. The number of hydrogen-bond donors (Lipinski definition) is 1. The van der Waals surface area contributed by atoms with Gasteiger partial charge in [-0.1, -0.05) is 11.3 Å². The van der Waals surface area contributed by atoms with Gasteiger partial charge in [0, 0.05) is 7.05 Å². The Balaban J connectivity index is 2.10. The molecule has 0 atom stereocenters. The van der Waals surface area contributed by atoms with E-state index in [1.54, 1.807) is 7.05 Å². The maximum Gasteiger partial charge on any atom is 0.445 e. The largest absolute Gasteiger partial charge is 0.445 e. The van der Waals surface area contributed by atoms with Gasteiger partial charge >= 0.3 is 6.18 Å². The summed E-state index contributed by atoms with van der Waals surface area (Å²) < 4.78 is 36.9. The Morgan fingerprint density at radius 1 is 1.41 bits per heavy atom. The van der Waals surface area contributed by atoms with Crippen molar-refractivity contribution < 1.29 is 13.2 Å². The highest BCUT2D eigenvalue weighted by Gasteiger charge is 2.36. The monoisotopic (exact) mass is 264 g/mol. The van der Waals surface area contributed by atoms with Crippen LogP contribution in [-0.4, -0.2) is 32.4 Å². The van der Waals surface area contributed by atoms with Crippen molar-refractivity contribution in [3.05, 3.63) is 17.2 Å². The minimum absolute atomic E-state index is 0.175. The molecular formula is C7H7F3N6S. The van der Waals surface area contributed by atoms with E-state index in [0.717, 1.165) is 0 Å². The van der Waals surface area contributed by atoms with Crippen LogP contribution >= 0.6 is 11.3 Å². The highest BCUT2D eigenvalue weighted by molar-refractivity contribution is 7.15. The molecule has 2 aromatic rings. The summed E-state index contributed by atoms with van der Waals surface area (Å²) in [4.78, 5) is 5.37. The van der Waals surface area contributed by atoms with Gasteiger partial charge in [-0.25, -0.2) is 4.98 Å². The van der Waals surface area contributed by atoms with Gasteiger partial charge in [-0.3, -0.25) is 5.10 Å². The standard InChI is InChI=1S/C7H7F3N6S/c1-16(2-4-11-3-12-13-4)6-15-14-5(17-6)7(8,9)10/h3H,2H2,1H3,(H,11,12,13). The van der Waals surface area contributed by atoms with Crippen molar-refractivity contribution in [1.82, 2.24) is 25.4 Å². The number of hydrogen-bond acceptors (Lipinski definition) is 6. The van der Waals surface area contributed by atoms with Gasteiger partial charge in [0.05, 0.1) is 6.54 Å². The van der Waals surface area contributed by atoms with Gasteiger partial charge in [0.15, 0.2) is 0 Å². The summed E-state index contributed by atoms with van der Waals surface area (Å²) in [5, 5.41) is 12.0. The van der Waals surface area contributed by atoms with Gasteiger partial charge in [-0.15, -0.1) is 10.2 Å². The first-order valence-corrected chi connectivity index (χ1v) is 5.24. The molecule has 2 aromatic heterocycles. The van der Waals surface area contributed by atoms with E-state index < -0.39 is 11.2 Å². The van der Waals surface area contributed by atoms with Crippen LogP contribution in [0.4, 0.5) is 18.3 Å². The molecule has 1 N–H and O–H groups in total. The summed E-state index contributed by atoms with van der Waals surface area (Å²) in [5.74, 6) is 0.538. The number of rotatable bonds is 3. The molecule has 10 heteroatoms. The third kappa shape index (κ3) is 2.70. The number of nitrogens with one attached hydrogen (secondary N) is 1. The fourth-order valence-electron chi connectivity index (χ4n) is 1.08. The number of H-pyrrole nitrogens is 1. The van der Waals surface area contributed by atoms with E-state index >= 15 is 0 Å². The zero-order valence-corrected chi connectivity index (χ0v) is 9.38. The third-order valence-corrected chi connectivity index (χ3v) is 2.92. The van der Waals surface area contributed by atoms with E-state index in [4.69, 9.17) is 0 Å². The van der Waals surface area contributed by atoms with Crippen molar-refractivity contribution >= 4 is 16.5 Å². The van der Waals surface area contributed by atoms with Crippen LogP contribution in [0.2, 0.25) is 0 Å². The van der Waals surface area contributed by atoms with E-state index in [9.17, 15) is 13.2 Å². The fraction of sp³-hybridized carbons (Fsp3) is 0.429. The summed E-state index contributed by atoms with van der Waals surface area (Å²) in [5.41, 5.74) is 0.